The van der Waals surface area contributed by atoms with Gasteiger partial charge in [0.05, 0.1) is 0 Å². The molecule has 1 unspecified atom stereocenters. The fourth-order valence-electron chi connectivity index (χ4n) is 0.263. The van der Waals surface area contributed by atoms with E-state index in [-0.39, 0.29) is 5.92 Å². The first-order chi connectivity index (χ1) is 2.77. The number of hydrogen-bond donors (Lipinski definition) is 0. The highest BCUT2D eigenvalue weighted by Crippen LogP contribution is 1.96. The van der Waals surface area contributed by atoms with Gasteiger partial charge in [-0.1, -0.05) is 13.0 Å². The van der Waals surface area contributed by atoms with Crippen molar-refractivity contribution in [3.8, 4) is 0 Å². The minimum absolute atomic E-state index is 0.280. The monoisotopic (exact) mass is 82.1 g/mol. The maximum atomic E-state index is 5.33. The van der Waals surface area contributed by atoms with Gasteiger partial charge in [0.25, 0.3) is 0 Å². The van der Waals surface area contributed by atoms with E-state index in [1.807, 2.05) is 13.0 Å². The second kappa shape index (κ2) is 2.95. The Morgan fingerprint density at radius 2 is 2.50 bits per heavy atom. The molecule has 34 valence electrons. The largest absolute Gasteiger partial charge is 0.103 e. The first kappa shape index (κ1) is 5.74. The van der Waals surface area contributed by atoms with Gasteiger partial charge in [-0.15, -0.1) is 6.58 Å². The smallest absolute Gasteiger partial charge is 0.0318 e. The van der Waals surface area contributed by atoms with Gasteiger partial charge in [-0.25, -0.2) is 0 Å². The Morgan fingerprint density at radius 1 is 2.00 bits per heavy atom. The van der Waals surface area contributed by atoms with Gasteiger partial charge in [-0.2, -0.15) is 0 Å². The molecule has 6 heavy (non-hydrogen) atoms. The third-order valence-electron chi connectivity index (χ3n) is 0.538. The van der Waals surface area contributed by atoms with Crippen molar-refractivity contribution in [1.82, 2.24) is 0 Å². The van der Waals surface area contributed by atoms with Crippen molar-refractivity contribution in [3.05, 3.63) is 19.6 Å². The fourth-order valence-corrected chi connectivity index (χ4v) is 0.263. The lowest BCUT2D eigenvalue weighted by Crippen LogP contribution is -1.79. The molecule has 0 aromatic rings. The summed E-state index contributed by atoms with van der Waals surface area (Å²) in [6.07, 6.45) is 2.74. The first-order valence-corrected chi connectivity index (χ1v) is 2.14. The fraction of sp³-hybridized carbons (Fsp3) is 0.500. The Morgan fingerprint density at radius 3 is 2.50 bits per heavy atom. The Labute approximate surface area is 39.9 Å². The van der Waals surface area contributed by atoms with Crippen LogP contribution in [0.5, 0.6) is 0 Å². The molecular weight excluding hydrogens is 72.1 g/mol. The van der Waals surface area contributed by atoms with Crippen LogP contribution in [0.3, 0.4) is 0 Å². The molecule has 0 saturated carbocycles. The van der Waals surface area contributed by atoms with Gasteiger partial charge < -0.3 is 0 Å². The van der Waals surface area contributed by atoms with Crippen LogP contribution >= 0.6 is 0 Å². The minimum Gasteiger partial charge on any atom is -0.103 e. The summed E-state index contributed by atoms with van der Waals surface area (Å²) >= 11 is 0. The highest BCUT2D eigenvalue weighted by Gasteiger charge is 1.83. The molecule has 0 heteroatoms. The maximum Gasteiger partial charge on any atom is -0.0318 e. The molecule has 1 atom stereocenters. The molecule has 0 aliphatic rings. The third-order valence-corrected chi connectivity index (χ3v) is 0.538. The Balaban J connectivity index is 2.81. The second-order valence-corrected chi connectivity index (χ2v) is 1.50. The van der Waals surface area contributed by atoms with Gasteiger partial charge in [0.1, 0.15) is 0 Å². The van der Waals surface area contributed by atoms with Crippen molar-refractivity contribution in [1.29, 1.82) is 0 Å². The van der Waals surface area contributed by atoms with E-state index in [2.05, 4.69) is 6.58 Å². The van der Waals surface area contributed by atoms with Gasteiger partial charge >= 0.3 is 0 Å². The molecular formula is C6H10. The van der Waals surface area contributed by atoms with E-state index in [1.54, 1.807) is 0 Å². The summed E-state index contributed by atoms with van der Waals surface area (Å²) < 4.78 is 0. The van der Waals surface area contributed by atoms with Crippen LogP contribution in [0.2, 0.25) is 0 Å². The van der Waals surface area contributed by atoms with Gasteiger partial charge in [0.2, 0.25) is 0 Å². The van der Waals surface area contributed by atoms with Gasteiger partial charge in [0.15, 0.2) is 0 Å². The van der Waals surface area contributed by atoms with E-state index in [0.717, 1.165) is 6.42 Å². The van der Waals surface area contributed by atoms with Crippen LogP contribution in [0.15, 0.2) is 12.7 Å². The molecule has 0 aliphatic carbocycles. The molecule has 0 spiro atoms. The molecule has 0 heterocycles. The van der Waals surface area contributed by atoms with Gasteiger partial charge in [-0.05, 0) is 19.3 Å². The molecule has 0 rings (SSSR count). The Kier molecular flexibility index (Phi) is 2.82. The van der Waals surface area contributed by atoms with E-state index in [4.69, 9.17) is 6.92 Å². The van der Waals surface area contributed by atoms with Crippen LogP contribution in [-0.2, 0) is 0 Å². The van der Waals surface area contributed by atoms with Crippen LogP contribution in [0.1, 0.15) is 13.3 Å². The van der Waals surface area contributed by atoms with Crippen LogP contribution in [0, 0.1) is 12.8 Å². The van der Waals surface area contributed by atoms with Crippen LogP contribution in [0.25, 0.3) is 0 Å². The van der Waals surface area contributed by atoms with Crippen molar-refractivity contribution in [3.63, 3.8) is 0 Å². The highest BCUT2D eigenvalue weighted by atomic mass is 13.9. The summed E-state index contributed by atoms with van der Waals surface area (Å²) in [5.41, 5.74) is 0. The average molecular weight is 82.1 g/mol. The Hall–Kier alpha value is -0.260. The van der Waals surface area contributed by atoms with Crippen molar-refractivity contribution in [2.45, 2.75) is 13.3 Å². The second-order valence-electron chi connectivity index (χ2n) is 1.50. The molecule has 0 amide bonds. The van der Waals surface area contributed by atoms with Gasteiger partial charge in [-0.3, -0.25) is 0 Å². The van der Waals surface area contributed by atoms with E-state index in [0.29, 0.717) is 0 Å². The molecule has 0 N–H and O–H groups in total. The topological polar surface area (TPSA) is 0 Å². The van der Waals surface area contributed by atoms with Crippen LogP contribution < -0.4 is 0 Å². The van der Waals surface area contributed by atoms with Gasteiger partial charge in [0, 0.05) is 0 Å². The van der Waals surface area contributed by atoms with E-state index >= 15 is 0 Å². The summed E-state index contributed by atoms with van der Waals surface area (Å²) in [6, 6.07) is 0. The summed E-state index contributed by atoms with van der Waals surface area (Å²) in [6.45, 7) is 10.8. The van der Waals surface area contributed by atoms with Crippen LogP contribution in [-0.4, -0.2) is 0 Å². The quantitative estimate of drug-likeness (QED) is 0.446. The van der Waals surface area contributed by atoms with Crippen LogP contribution in [0.4, 0.5) is 0 Å². The molecule has 0 aromatic carbocycles. The molecule has 0 saturated heterocycles. The standard InChI is InChI=1S/C6H10/c1-4-5-6(2)3/h2,4,6H,1,5H2,3H3. The number of hydrogen-bond acceptors (Lipinski definition) is 0. The number of rotatable bonds is 2. The SMILES string of the molecule is [CH]C(C)CC=C. The highest BCUT2D eigenvalue weighted by molar-refractivity contribution is 4.70. The molecule has 0 nitrogen and oxygen atoms in total. The molecule has 0 bridgehead atoms. The van der Waals surface area contributed by atoms with Crippen molar-refractivity contribution < 1.29 is 0 Å². The van der Waals surface area contributed by atoms with Crippen molar-refractivity contribution in [2.24, 2.45) is 5.92 Å². The normalized spacial score (nSPS) is 9.17. The average Bonchev–Trinajstić information content (AvgIpc) is 1.35. The minimum atomic E-state index is 0.280. The lowest BCUT2D eigenvalue weighted by Gasteiger charge is -1.91. The zero-order chi connectivity index (χ0) is 4.99. The summed E-state index contributed by atoms with van der Waals surface area (Å²) in [7, 11) is 0. The summed E-state index contributed by atoms with van der Waals surface area (Å²) in [4.78, 5) is 0. The van der Waals surface area contributed by atoms with Crippen molar-refractivity contribution in [2.75, 3.05) is 0 Å². The first-order valence-electron chi connectivity index (χ1n) is 2.14. The third kappa shape index (κ3) is 3.74. The predicted molar refractivity (Wildman–Crippen MR) is 28.3 cm³/mol. The summed E-state index contributed by atoms with van der Waals surface area (Å²) in [5.74, 6) is 0.280. The molecule has 0 fully saturated rings. The van der Waals surface area contributed by atoms with E-state index < -0.39 is 0 Å². The molecule has 0 aliphatic heterocycles. The van der Waals surface area contributed by atoms with Crippen molar-refractivity contribution >= 4 is 0 Å². The lowest BCUT2D eigenvalue weighted by atomic mass is 10.1. The zero-order valence-electron chi connectivity index (χ0n) is 4.15. The predicted octanol–water partition coefficient (Wildman–Crippen LogP) is 1.91. The summed E-state index contributed by atoms with van der Waals surface area (Å²) in [5, 5.41) is 0. The maximum absolute atomic E-state index is 5.33. The van der Waals surface area contributed by atoms with E-state index in [9.17, 15) is 0 Å². The zero-order valence-corrected chi connectivity index (χ0v) is 4.15. The Bertz CT molecular complexity index is 35.3. The van der Waals surface area contributed by atoms with E-state index in [1.165, 1.54) is 0 Å². The lowest BCUT2D eigenvalue weighted by molar-refractivity contribution is 0.741. The molecule has 0 aromatic heterocycles. The molecule has 2 radical (unpaired) electrons. The number of allylic oxidation sites excluding steroid dienone is 1.